The molecule has 0 aliphatic rings. The Labute approximate surface area is 87.1 Å². The molecule has 2 rings (SSSR count). The lowest BCUT2D eigenvalue weighted by atomic mass is 10.4. The van der Waals surface area contributed by atoms with E-state index >= 15 is 0 Å². The predicted octanol–water partition coefficient (Wildman–Crippen LogP) is 0.788. The van der Waals surface area contributed by atoms with Crippen molar-refractivity contribution in [2.24, 2.45) is 0 Å². The molecule has 1 radical (unpaired) electrons. The summed E-state index contributed by atoms with van der Waals surface area (Å²) >= 11 is 0. The molecule has 6 heteroatoms. The van der Waals surface area contributed by atoms with Crippen molar-refractivity contribution in [1.82, 2.24) is 15.4 Å². The summed E-state index contributed by atoms with van der Waals surface area (Å²) in [5.74, 6) is 1.08. The van der Waals surface area contributed by atoms with Gasteiger partial charge in [0.1, 0.15) is 11.4 Å². The summed E-state index contributed by atoms with van der Waals surface area (Å²) in [6.45, 7) is 0. The van der Waals surface area contributed by atoms with Crippen molar-refractivity contribution in [1.29, 1.82) is 0 Å². The number of hydrogen-bond acceptors (Lipinski definition) is 4. The first-order chi connectivity index (χ1) is 7.18. The van der Waals surface area contributed by atoms with Gasteiger partial charge in [0.25, 0.3) is 0 Å². The van der Waals surface area contributed by atoms with Crippen molar-refractivity contribution >= 4 is 9.84 Å². The van der Waals surface area contributed by atoms with Gasteiger partial charge < -0.3 is 0 Å². The van der Waals surface area contributed by atoms with Crippen molar-refractivity contribution in [3.8, 4) is 0 Å². The fourth-order valence-corrected chi connectivity index (χ4v) is 2.21. The van der Waals surface area contributed by atoms with Crippen LogP contribution in [0, 0.1) is 5.75 Å². The lowest BCUT2D eigenvalue weighted by molar-refractivity contribution is 0.602. The Morgan fingerprint density at radius 2 is 1.93 bits per heavy atom. The van der Waals surface area contributed by atoms with E-state index in [-0.39, 0.29) is 4.90 Å². The molecular weight excluding hydrogens is 214 g/mol. The van der Waals surface area contributed by atoms with E-state index in [1.54, 1.807) is 18.2 Å². The molecular formula is C9H8N3O2S. The third kappa shape index (κ3) is 2.21. The number of H-pyrrole nitrogens is 1. The monoisotopic (exact) mass is 222 g/mol. The molecule has 0 amide bonds. The second-order valence-corrected chi connectivity index (χ2v) is 4.67. The second kappa shape index (κ2) is 3.82. The smallest absolute Gasteiger partial charge is 0.188 e. The molecule has 0 saturated carbocycles. The molecule has 0 spiro atoms. The van der Waals surface area contributed by atoms with Gasteiger partial charge in [-0.1, -0.05) is 23.4 Å². The first kappa shape index (κ1) is 9.85. The van der Waals surface area contributed by atoms with Crippen molar-refractivity contribution in [2.45, 2.75) is 4.90 Å². The van der Waals surface area contributed by atoms with Gasteiger partial charge in [0.2, 0.25) is 0 Å². The Balaban J connectivity index is 2.29. The first-order valence-electron chi connectivity index (χ1n) is 4.20. The molecule has 5 nitrogen and oxygen atoms in total. The molecule has 1 heterocycles. The zero-order chi connectivity index (χ0) is 10.7. The summed E-state index contributed by atoms with van der Waals surface area (Å²) in [5, 5.41) is 9.46. The van der Waals surface area contributed by atoms with E-state index in [0.29, 0.717) is 5.69 Å². The summed E-state index contributed by atoms with van der Waals surface area (Å²) in [4.78, 5) is 0.244. The number of nitrogens with zero attached hydrogens (tertiary/aromatic N) is 2. The number of nitrogens with one attached hydrogen (secondary N) is 1. The number of benzene rings is 1. The molecule has 1 aromatic carbocycles. The molecule has 0 saturated heterocycles. The van der Waals surface area contributed by atoms with Gasteiger partial charge in [0.15, 0.2) is 9.84 Å². The fraction of sp³-hybridized carbons (Fsp3) is 0. The van der Waals surface area contributed by atoms with Crippen LogP contribution in [0.1, 0.15) is 5.69 Å². The van der Waals surface area contributed by atoms with Gasteiger partial charge in [-0.05, 0) is 12.1 Å². The third-order valence-electron chi connectivity index (χ3n) is 1.78. The van der Waals surface area contributed by atoms with Crippen molar-refractivity contribution in [3.05, 3.63) is 48.0 Å². The first-order valence-corrected chi connectivity index (χ1v) is 5.74. The summed E-state index contributed by atoms with van der Waals surface area (Å²) in [6.07, 6.45) is 1.42. The largest absolute Gasteiger partial charge is 0.265 e. The zero-order valence-corrected chi connectivity index (χ0v) is 8.48. The summed E-state index contributed by atoms with van der Waals surface area (Å²) in [5.41, 5.74) is 0.291. The Kier molecular flexibility index (Phi) is 2.51. The second-order valence-electron chi connectivity index (χ2n) is 2.87. The average molecular weight is 222 g/mol. The van der Waals surface area contributed by atoms with Crippen LogP contribution in [0.15, 0.2) is 41.4 Å². The molecule has 0 aliphatic carbocycles. The SMILES string of the molecule is O=S(=O)([CH]c1c[nH]nn1)c1ccccc1. The quantitative estimate of drug-likeness (QED) is 0.833. The van der Waals surface area contributed by atoms with Crippen LogP contribution in [0.4, 0.5) is 0 Å². The Bertz CT molecular complexity index is 520. The molecule has 2 aromatic rings. The molecule has 1 aromatic heterocycles. The molecule has 0 bridgehead atoms. The van der Waals surface area contributed by atoms with Crippen molar-refractivity contribution < 1.29 is 8.42 Å². The minimum absolute atomic E-state index is 0.244. The van der Waals surface area contributed by atoms with Crippen LogP contribution >= 0.6 is 0 Å². The highest BCUT2D eigenvalue weighted by atomic mass is 32.2. The fourth-order valence-electron chi connectivity index (χ4n) is 1.11. The number of aromatic amines is 1. The molecule has 0 aliphatic heterocycles. The van der Waals surface area contributed by atoms with Gasteiger partial charge in [-0.3, -0.25) is 5.10 Å². The highest BCUT2D eigenvalue weighted by Gasteiger charge is 2.16. The van der Waals surface area contributed by atoms with Crippen LogP contribution in [0.2, 0.25) is 0 Å². The van der Waals surface area contributed by atoms with E-state index in [1.165, 1.54) is 18.3 Å². The minimum atomic E-state index is -3.43. The number of aromatic nitrogens is 3. The molecule has 1 N–H and O–H groups in total. The van der Waals surface area contributed by atoms with Gasteiger partial charge in [-0.25, -0.2) is 8.42 Å². The maximum absolute atomic E-state index is 11.8. The van der Waals surface area contributed by atoms with Crippen LogP contribution in [0.3, 0.4) is 0 Å². The number of sulfone groups is 1. The van der Waals surface area contributed by atoms with Crippen molar-refractivity contribution in [3.63, 3.8) is 0 Å². The van der Waals surface area contributed by atoms with Gasteiger partial charge in [0, 0.05) is 6.20 Å². The van der Waals surface area contributed by atoms with E-state index in [1.807, 2.05) is 0 Å². The average Bonchev–Trinajstić information content (AvgIpc) is 2.71. The minimum Gasteiger partial charge on any atom is -0.265 e. The summed E-state index contributed by atoms with van der Waals surface area (Å²) < 4.78 is 23.5. The lowest BCUT2D eigenvalue weighted by Gasteiger charge is -1.99. The normalized spacial score (nSPS) is 11.5. The molecule has 0 atom stereocenters. The van der Waals surface area contributed by atoms with E-state index in [9.17, 15) is 8.42 Å². The van der Waals surface area contributed by atoms with Gasteiger partial charge in [-0.15, -0.1) is 5.10 Å². The topological polar surface area (TPSA) is 75.7 Å². The van der Waals surface area contributed by atoms with Crippen LogP contribution < -0.4 is 0 Å². The van der Waals surface area contributed by atoms with Crippen LogP contribution in [0.25, 0.3) is 0 Å². The van der Waals surface area contributed by atoms with E-state index in [2.05, 4.69) is 15.4 Å². The van der Waals surface area contributed by atoms with Gasteiger partial charge >= 0.3 is 0 Å². The van der Waals surface area contributed by atoms with E-state index in [4.69, 9.17) is 0 Å². The van der Waals surface area contributed by atoms with Crippen molar-refractivity contribution in [2.75, 3.05) is 0 Å². The maximum atomic E-state index is 11.8. The summed E-state index contributed by atoms with van der Waals surface area (Å²) in [7, 11) is -3.43. The lowest BCUT2D eigenvalue weighted by Crippen LogP contribution is -2.02. The maximum Gasteiger partial charge on any atom is 0.188 e. The van der Waals surface area contributed by atoms with E-state index in [0.717, 1.165) is 5.75 Å². The number of hydrogen-bond donors (Lipinski definition) is 1. The number of rotatable bonds is 3. The molecule has 15 heavy (non-hydrogen) atoms. The van der Waals surface area contributed by atoms with E-state index < -0.39 is 9.84 Å². The molecule has 77 valence electrons. The molecule has 0 fully saturated rings. The van der Waals surface area contributed by atoms with Gasteiger partial charge in [-0.2, -0.15) is 0 Å². The van der Waals surface area contributed by atoms with Crippen LogP contribution in [-0.4, -0.2) is 23.8 Å². The van der Waals surface area contributed by atoms with Gasteiger partial charge in [0.05, 0.1) is 4.90 Å². The highest BCUT2D eigenvalue weighted by molar-refractivity contribution is 7.93. The van der Waals surface area contributed by atoms with Crippen LogP contribution in [-0.2, 0) is 9.84 Å². The Morgan fingerprint density at radius 3 is 2.53 bits per heavy atom. The summed E-state index contributed by atoms with van der Waals surface area (Å²) in [6, 6.07) is 8.17. The highest BCUT2D eigenvalue weighted by Crippen LogP contribution is 2.15. The van der Waals surface area contributed by atoms with Crippen LogP contribution in [0.5, 0.6) is 0 Å². The predicted molar refractivity (Wildman–Crippen MR) is 53.4 cm³/mol. The standard InChI is InChI=1S/C9H8N3O2S/c13-15(14,7-8-6-10-12-11-8)9-4-2-1-3-5-9/h1-7H,(H,10,11,12). The third-order valence-corrected chi connectivity index (χ3v) is 3.26. The zero-order valence-electron chi connectivity index (χ0n) is 7.66. The molecule has 0 unspecified atom stereocenters. The Hall–Kier alpha value is -1.69. The Morgan fingerprint density at radius 1 is 1.20 bits per heavy atom.